The average Bonchev–Trinajstić information content (AvgIpc) is 2.78. The molecule has 6 heteroatoms. The van der Waals surface area contributed by atoms with Gasteiger partial charge in [-0.3, -0.25) is 5.43 Å². The third kappa shape index (κ3) is 5.75. The van der Waals surface area contributed by atoms with Crippen molar-refractivity contribution in [2.45, 2.75) is 53.2 Å². The van der Waals surface area contributed by atoms with Crippen molar-refractivity contribution in [2.24, 2.45) is 5.10 Å². The topological polar surface area (TPSA) is 54.9 Å². The number of anilines is 1. The Labute approximate surface area is 207 Å². The molecule has 0 saturated heterocycles. The summed E-state index contributed by atoms with van der Waals surface area (Å²) in [6, 6.07) is 20.3. The first-order chi connectivity index (χ1) is 16.2. The summed E-state index contributed by atoms with van der Waals surface area (Å²) in [5.74, 6) is 1.56. The van der Waals surface area contributed by atoms with Gasteiger partial charge in [0.1, 0.15) is 23.7 Å². The molecule has 3 aromatic rings. The Morgan fingerprint density at radius 1 is 1.03 bits per heavy atom. The Morgan fingerprint density at radius 2 is 1.82 bits per heavy atom. The van der Waals surface area contributed by atoms with Gasteiger partial charge in [0.2, 0.25) is 0 Å². The highest BCUT2D eigenvalue weighted by Crippen LogP contribution is 2.35. The summed E-state index contributed by atoms with van der Waals surface area (Å²) in [5.41, 5.74) is 10.1. The van der Waals surface area contributed by atoms with Crippen molar-refractivity contribution >= 4 is 28.7 Å². The van der Waals surface area contributed by atoms with Gasteiger partial charge in [-0.15, -0.1) is 0 Å². The molecule has 0 radical (unpaired) electrons. The van der Waals surface area contributed by atoms with Gasteiger partial charge in [0.05, 0.1) is 5.71 Å². The number of benzene rings is 3. The predicted octanol–water partition coefficient (Wildman–Crippen LogP) is 6.44. The molecule has 3 aromatic carbocycles. The molecule has 0 fully saturated rings. The van der Waals surface area contributed by atoms with Crippen molar-refractivity contribution in [3.05, 3.63) is 88.5 Å². The fourth-order valence-electron chi connectivity index (χ4n) is 4.00. The first-order valence-electron chi connectivity index (χ1n) is 11.4. The first kappa shape index (κ1) is 23.8. The molecule has 0 amide bonds. The Bertz CT molecular complexity index is 1250. The Hall–Kier alpha value is -3.38. The molecule has 1 aliphatic heterocycles. The fraction of sp³-hybridized carbons (Fsp3) is 0.286. The lowest BCUT2D eigenvalue weighted by Gasteiger charge is -2.33. The molecule has 0 unspecified atom stereocenters. The van der Waals surface area contributed by atoms with Crippen molar-refractivity contribution in [1.29, 1.82) is 0 Å². The van der Waals surface area contributed by atoms with Crippen LogP contribution < -0.4 is 20.2 Å². The maximum atomic E-state index is 6.20. The SMILES string of the molecule is Cc1ccc(NC(=S)NN=C2CC(C)(C)Oc3ccc(OCc4ccccc4C)cc32)c(C)c1. The number of nitrogens with zero attached hydrogens (tertiary/aromatic N) is 1. The highest BCUT2D eigenvalue weighted by atomic mass is 32.1. The van der Waals surface area contributed by atoms with Crippen molar-refractivity contribution in [2.75, 3.05) is 5.32 Å². The second-order valence-corrected chi connectivity index (χ2v) is 9.76. The van der Waals surface area contributed by atoms with Crippen LogP contribution in [0.5, 0.6) is 11.5 Å². The van der Waals surface area contributed by atoms with Crippen LogP contribution in [0.4, 0.5) is 5.69 Å². The van der Waals surface area contributed by atoms with Gasteiger partial charge in [-0.1, -0.05) is 42.0 Å². The van der Waals surface area contributed by atoms with Crippen molar-refractivity contribution in [1.82, 2.24) is 5.43 Å². The van der Waals surface area contributed by atoms with E-state index in [9.17, 15) is 0 Å². The van der Waals surface area contributed by atoms with Gasteiger partial charge in [0, 0.05) is 17.7 Å². The number of thiocarbonyl (C=S) groups is 1. The minimum absolute atomic E-state index is 0.375. The summed E-state index contributed by atoms with van der Waals surface area (Å²) in [5, 5.41) is 8.34. The zero-order valence-electron chi connectivity index (χ0n) is 20.4. The van der Waals surface area contributed by atoms with Crippen LogP contribution in [-0.4, -0.2) is 16.4 Å². The minimum atomic E-state index is -0.375. The third-order valence-electron chi connectivity index (χ3n) is 5.82. The number of rotatable bonds is 5. The molecule has 1 heterocycles. The Morgan fingerprint density at radius 3 is 2.59 bits per heavy atom. The lowest BCUT2D eigenvalue weighted by molar-refractivity contribution is 0.111. The predicted molar refractivity (Wildman–Crippen MR) is 143 cm³/mol. The first-order valence-corrected chi connectivity index (χ1v) is 11.8. The molecule has 0 saturated carbocycles. The Balaban J connectivity index is 1.52. The van der Waals surface area contributed by atoms with E-state index in [1.165, 1.54) is 11.1 Å². The molecule has 1 aliphatic rings. The van der Waals surface area contributed by atoms with Crippen LogP contribution >= 0.6 is 12.2 Å². The van der Waals surface area contributed by atoms with Gasteiger partial charge in [0.25, 0.3) is 0 Å². The summed E-state index contributed by atoms with van der Waals surface area (Å²) >= 11 is 5.50. The monoisotopic (exact) mass is 473 g/mol. The molecular weight excluding hydrogens is 442 g/mol. The zero-order valence-corrected chi connectivity index (χ0v) is 21.2. The summed E-state index contributed by atoms with van der Waals surface area (Å²) in [7, 11) is 0. The minimum Gasteiger partial charge on any atom is -0.489 e. The molecule has 0 spiro atoms. The van der Waals surface area contributed by atoms with Crippen molar-refractivity contribution in [3.63, 3.8) is 0 Å². The molecule has 0 aliphatic carbocycles. The summed E-state index contributed by atoms with van der Waals surface area (Å²) < 4.78 is 12.3. The number of aryl methyl sites for hydroxylation is 3. The van der Waals surface area contributed by atoms with Crippen LogP contribution in [0.3, 0.4) is 0 Å². The maximum Gasteiger partial charge on any atom is 0.191 e. The fourth-order valence-corrected chi connectivity index (χ4v) is 4.16. The van der Waals surface area contributed by atoms with Gasteiger partial charge in [-0.05, 0) is 87.8 Å². The molecule has 0 bridgehead atoms. The number of fused-ring (bicyclic) bond motifs is 1. The summed E-state index contributed by atoms with van der Waals surface area (Å²) in [4.78, 5) is 0. The number of hydrogen-bond donors (Lipinski definition) is 2. The number of hydrazone groups is 1. The van der Waals surface area contributed by atoms with Crippen LogP contribution in [0.15, 0.2) is 65.8 Å². The van der Waals surface area contributed by atoms with E-state index in [0.717, 1.165) is 39.6 Å². The molecular formula is C28H31N3O2S. The lowest BCUT2D eigenvalue weighted by atomic mass is 9.92. The number of nitrogens with one attached hydrogen (secondary N) is 2. The second kappa shape index (κ2) is 9.85. The van der Waals surface area contributed by atoms with Gasteiger partial charge in [0.15, 0.2) is 5.11 Å². The molecule has 0 atom stereocenters. The normalized spacial score (nSPS) is 15.3. The molecule has 2 N–H and O–H groups in total. The van der Waals surface area contributed by atoms with Gasteiger partial charge < -0.3 is 14.8 Å². The van der Waals surface area contributed by atoms with Crippen LogP contribution in [0, 0.1) is 20.8 Å². The number of ether oxygens (including phenoxy) is 2. The quantitative estimate of drug-likeness (QED) is 0.330. The molecule has 176 valence electrons. The van der Waals surface area contributed by atoms with Crippen LogP contribution in [-0.2, 0) is 6.61 Å². The van der Waals surface area contributed by atoms with E-state index in [1.807, 2.05) is 36.4 Å². The Kier molecular flexibility index (Phi) is 6.89. The number of hydrogen-bond acceptors (Lipinski definition) is 4. The molecule has 4 rings (SSSR count). The average molecular weight is 474 g/mol. The zero-order chi connectivity index (χ0) is 24.3. The maximum absolute atomic E-state index is 6.20. The van der Waals surface area contributed by atoms with Crippen LogP contribution in [0.1, 0.15) is 48.1 Å². The van der Waals surface area contributed by atoms with Crippen molar-refractivity contribution < 1.29 is 9.47 Å². The molecule has 34 heavy (non-hydrogen) atoms. The van der Waals surface area contributed by atoms with Gasteiger partial charge in [-0.25, -0.2) is 0 Å². The second-order valence-electron chi connectivity index (χ2n) is 9.35. The smallest absolute Gasteiger partial charge is 0.191 e. The van der Waals surface area contributed by atoms with E-state index in [-0.39, 0.29) is 5.60 Å². The molecule has 0 aromatic heterocycles. The van der Waals surface area contributed by atoms with E-state index in [2.05, 4.69) is 74.7 Å². The van der Waals surface area contributed by atoms with Gasteiger partial charge >= 0.3 is 0 Å². The van der Waals surface area contributed by atoms with E-state index in [0.29, 0.717) is 18.1 Å². The van der Waals surface area contributed by atoms with Gasteiger partial charge in [-0.2, -0.15) is 5.10 Å². The molecule has 5 nitrogen and oxygen atoms in total. The van der Waals surface area contributed by atoms with E-state index in [4.69, 9.17) is 21.7 Å². The van der Waals surface area contributed by atoms with E-state index in [1.54, 1.807) is 0 Å². The lowest BCUT2D eigenvalue weighted by Crippen LogP contribution is -2.37. The van der Waals surface area contributed by atoms with E-state index >= 15 is 0 Å². The van der Waals surface area contributed by atoms with Crippen LogP contribution in [0.25, 0.3) is 0 Å². The van der Waals surface area contributed by atoms with Crippen LogP contribution in [0.2, 0.25) is 0 Å². The van der Waals surface area contributed by atoms with E-state index < -0.39 is 0 Å². The third-order valence-corrected chi connectivity index (χ3v) is 6.01. The highest BCUT2D eigenvalue weighted by molar-refractivity contribution is 7.80. The summed E-state index contributed by atoms with van der Waals surface area (Å²) in [6.07, 6.45) is 0.639. The largest absolute Gasteiger partial charge is 0.489 e. The standard InChI is InChI=1S/C28H31N3O2S/c1-18-10-12-24(20(3)14-18)29-27(34)31-30-25-16-28(4,5)33-26-13-11-22(15-23(25)26)32-17-21-9-7-6-8-19(21)2/h6-15H,16-17H2,1-5H3,(H2,29,31,34). The highest BCUT2D eigenvalue weighted by Gasteiger charge is 2.31. The van der Waals surface area contributed by atoms with Crippen molar-refractivity contribution in [3.8, 4) is 11.5 Å². The summed E-state index contributed by atoms with van der Waals surface area (Å²) in [6.45, 7) is 10.8.